The van der Waals surface area contributed by atoms with Gasteiger partial charge in [0.2, 0.25) is 11.8 Å². The number of hydrogen-bond acceptors (Lipinski definition) is 6. The minimum absolute atomic E-state index is 0.0546. The van der Waals surface area contributed by atoms with Crippen LogP contribution in [0.15, 0.2) is 24.7 Å². The van der Waals surface area contributed by atoms with E-state index in [-0.39, 0.29) is 12.5 Å². The molecule has 0 saturated heterocycles. The quantitative estimate of drug-likeness (QED) is 0.781. The third-order valence-electron chi connectivity index (χ3n) is 1.93. The summed E-state index contributed by atoms with van der Waals surface area (Å²) in [5.74, 6) is 0.257. The number of tetrazole rings is 1. The summed E-state index contributed by atoms with van der Waals surface area (Å²) in [6.45, 7) is 0.0546. The van der Waals surface area contributed by atoms with Gasteiger partial charge < -0.3 is 10.1 Å². The Labute approximate surface area is 96.6 Å². The lowest BCUT2D eigenvalue weighted by Gasteiger charge is -2.04. The second kappa shape index (κ2) is 5.01. The van der Waals surface area contributed by atoms with Crippen LogP contribution in [0.2, 0.25) is 0 Å². The Morgan fingerprint density at radius 2 is 2.41 bits per heavy atom. The number of carbonyl (C=O) groups excluding carboxylic acids is 1. The van der Waals surface area contributed by atoms with Gasteiger partial charge in [-0.1, -0.05) is 0 Å². The van der Waals surface area contributed by atoms with E-state index in [2.05, 4.69) is 25.8 Å². The van der Waals surface area contributed by atoms with Gasteiger partial charge in [-0.25, -0.2) is 9.67 Å². The zero-order chi connectivity index (χ0) is 12.1. The Hall–Kier alpha value is -2.51. The fraction of sp³-hybridized carbons (Fsp3) is 0.222. The highest BCUT2D eigenvalue weighted by molar-refractivity contribution is 5.90. The van der Waals surface area contributed by atoms with Gasteiger partial charge in [-0.15, -0.1) is 5.10 Å². The van der Waals surface area contributed by atoms with Gasteiger partial charge in [0.1, 0.15) is 12.9 Å². The molecule has 0 aliphatic rings. The van der Waals surface area contributed by atoms with E-state index in [4.69, 9.17) is 4.74 Å². The van der Waals surface area contributed by atoms with E-state index < -0.39 is 0 Å². The van der Waals surface area contributed by atoms with Gasteiger partial charge in [0.25, 0.3) is 0 Å². The number of rotatable bonds is 4. The molecule has 2 rings (SSSR count). The van der Waals surface area contributed by atoms with Crippen LogP contribution in [0.1, 0.15) is 0 Å². The SMILES string of the molecule is COc1ccc(NC(=O)Cn2cnnn2)cn1. The zero-order valence-corrected chi connectivity index (χ0v) is 9.07. The van der Waals surface area contributed by atoms with Crippen LogP contribution in [0.3, 0.4) is 0 Å². The van der Waals surface area contributed by atoms with Gasteiger partial charge in [0.05, 0.1) is 19.0 Å². The van der Waals surface area contributed by atoms with Gasteiger partial charge in [0, 0.05) is 6.07 Å². The molecular formula is C9H10N6O2. The number of methoxy groups -OCH3 is 1. The molecule has 2 aromatic rings. The number of hydrogen-bond donors (Lipinski definition) is 1. The summed E-state index contributed by atoms with van der Waals surface area (Å²) in [7, 11) is 1.53. The van der Waals surface area contributed by atoms with Crippen molar-refractivity contribution in [1.82, 2.24) is 25.2 Å². The smallest absolute Gasteiger partial charge is 0.246 e. The number of anilines is 1. The summed E-state index contributed by atoms with van der Waals surface area (Å²) in [6.07, 6.45) is 2.88. The number of nitrogens with zero attached hydrogens (tertiary/aromatic N) is 5. The molecule has 17 heavy (non-hydrogen) atoms. The molecule has 0 aliphatic heterocycles. The molecule has 0 saturated carbocycles. The van der Waals surface area contributed by atoms with Gasteiger partial charge in [0.15, 0.2) is 0 Å². The largest absolute Gasteiger partial charge is 0.481 e. The van der Waals surface area contributed by atoms with E-state index in [0.717, 1.165) is 0 Å². The fourth-order valence-electron chi connectivity index (χ4n) is 1.18. The van der Waals surface area contributed by atoms with Crippen molar-refractivity contribution in [3.05, 3.63) is 24.7 Å². The first kappa shape index (κ1) is 11.0. The third-order valence-corrected chi connectivity index (χ3v) is 1.93. The van der Waals surface area contributed by atoms with Crippen LogP contribution in [0.25, 0.3) is 0 Å². The Morgan fingerprint density at radius 3 is 3.00 bits per heavy atom. The van der Waals surface area contributed by atoms with E-state index >= 15 is 0 Å². The molecule has 0 spiro atoms. The van der Waals surface area contributed by atoms with Crippen molar-refractivity contribution in [2.24, 2.45) is 0 Å². The molecular weight excluding hydrogens is 224 g/mol. The van der Waals surface area contributed by atoms with Crippen molar-refractivity contribution in [3.8, 4) is 5.88 Å². The van der Waals surface area contributed by atoms with Crippen molar-refractivity contribution in [2.75, 3.05) is 12.4 Å². The van der Waals surface area contributed by atoms with Crippen molar-refractivity contribution in [1.29, 1.82) is 0 Å². The maximum Gasteiger partial charge on any atom is 0.246 e. The highest BCUT2D eigenvalue weighted by Crippen LogP contribution is 2.10. The molecule has 0 radical (unpaired) electrons. The number of ether oxygens (including phenoxy) is 1. The van der Waals surface area contributed by atoms with E-state index in [9.17, 15) is 4.79 Å². The van der Waals surface area contributed by atoms with Gasteiger partial charge in [-0.05, 0) is 16.5 Å². The van der Waals surface area contributed by atoms with Gasteiger partial charge in [-0.2, -0.15) is 0 Å². The molecule has 2 heterocycles. The average Bonchev–Trinajstić information content (AvgIpc) is 2.82. The molecule has 1 amide bonds. The van der Waals surface area contributed by atoms with Crippen LogP contribution >= 0.6 is 0 Å². The van der Waals surface area contributed by atoms with E-state index in [1.54, 1.807) is 12.1 Å². The molecule has 0 atom stereocenters. The van der Waals surface area contributed by atoms with Crippen LogP contribution in [0.5, 0.6) is 5.88 Å². The summed E-state index contributed by atoms with van der Waals surface area (Å²) < 4.78 is 6.23. The Bertz CT molecular complexity index is 481. The highest BCUT2D eigenvalue weighted by Gasteiger charge is 2.04. The van der Waals surface area contributed by atoms with E-state index in [1.165, 1.54) is 24.3 Å². The summed E-state index contributed by atoms with van der Waals surface area (Å²) in [5.41, 5.74) is 0.587. The lowest BCUT2D eigenvalue weighted by atomic mass is 10.4. The normalized spacial score (nSPS) is 9.94. The van der Waals surface area contributed by atoms with Crippen molar-refractivity contribution in [2.45, 2.75) is 6.54 Å². The number of pyridine rings is 1. The van der Waals surface area contributed by atoms with Crippen LogP contribution < -0.4 is 10.1 Å². The number of nitrogens with one attached hydrogen (secondary N) is 1. The summed E-state index contributed by atoms with van der Waals surface area (Å²) in [6, 6.07) is 3.36. The first-order chi connectivity index (χ1) is 8.28. The summed E-state index contributed by atoms with van der Waals surface area (Å²) in [5, 5.41) is 13.1. The first-order valence-electron chi connectivity index (χ1n) is 4.78. The molecule has 88 valence electrons. The minimum Gasteiger partial charge on any atom is -0.481 e. The minimum atomic E-state index is -0.232. The Kier molecular flexibility index (Phi) is 3.24. The molecule has 0 unspecified atom stereocenters. The fourth-order valence-corrected chi connectivity index (χ4v) is 1.18. The van der Waals surface area contributed by atoms with Crippen molar-refractivity contribution in [3.63, 3.8) is 0 Å². The van der Waals surface area contributed by atoms with Crippen molar-refractivity contribution < 1.29 is 9.53 Å². The van der Waals surface area contributed by atoms with Crippen LogP contribution in [0.4, 0.5) is 5.69 Å². The van der Waals surface area contributed by atoms with Crippen molar-refractivity contribution >= 4 is 11.6 Å². The zero-order valence-electron chi connectivity index (χ0n) is 9.07. The maximum absolute atomic E-state index is 11.5. The number of carbonyl (C=O) groups is 1. The van der Waals surface area contributed by atoms with E-state index in [0.29, 0.717) is 11.6 Å². The molecule has 8 heteroatoms. The number of aromatic nitrogens is 5. The highest BCUT2D eigenvalue weighted by atomic mass is 16.5. The average molecular weight is 234 g/mol. The molecule has 0 aromatic carbocycles. The predicted octanol–water partition coefficient (Wildman–Crippen LogP) is -0.285. The summed E-state index contributed by atoms with van der Waals surface area (Å²) >= 11 is 0. The second-order valence-corrected chi connectivity index (χ2v) is 3.14. The van der Waals surface area contributed by atoms with Gasteiger partial charge >= 0.3 is 0 Å². The number of amides is 1. The molecule has 0 bridgehead atoms. The van der Waals surface area contributed by atoms with Crippen LogP contribution in [-0.4, -0.2) is 38.2 Å². The van der Waals surface area contributed by atoms with E-state index in [1.807, 2.05) is 0 Å². The molecule has 1 N–H and O–H groups in total. The molecule has 2 aromatic heterocycles. The predicted molar refractivity (Wildman–Crippen MR) is 57.2 cm³/mol. The maximum atomic E-state index is 11.5. The topological polar surface area (TPSA) is 94.8 Å². The first-order valence-corrected chi connectivity index (χ1v) is 4.78. The molecule has 0 aliphatic carbocycles. The molecule has 0 fully saturated rings. The van der Waals surface area contributed by atoms with Crippen LogP contribution in [0, 0.1) is 0 Å². The Balaban J connectivity index is 1.93. The van der Waals surface area contributed by atoms with Crippen LogP contribution in [-0.2, 0) is 11.3 Å². The lowest BCUT2D eigenvalue weighted by Crippen LogP contribution is -2.19. The second-order valence-electron chi connectivity index (χ2n) is 3.14. The lowest BCUT2D eigenvalue weighted by molar-refractivity contribution is -0.116. The Morgan fingerprint density at radius 1 is 1.53 bits per heavy atom. The standard InChI is InChI=1S/C9H10N6O2/c1-17-9-3-2-7(4-10-9)12-8(16)5-15-6-11-13-14-15/h2-4,6H,5H2,1H3,(H,12,16). The van der Waals surface area contributed by atoms with Gasteiger partial charge in [-0.3, -0.25) is 4.79 Å². The summed E-state index contributed by atoms with van der Waals surface area (Å²) in [4.78, 5) is 15.5. The monoisotopic (exact) mass is 234 g/mol. The molecule has 8 nitrogen and oxygen atoms in total. The third kappa shape index (κ3) is 2.97.